The predicted molar refractivity (Wildman–Crippen MR) is 276 cm³/mol. The molecule has 0 saturated heterocycles. The monoisotopic (exact) mass is 941 g/mol. The van der Waals surface area contributed by atoms with Crippen LogP contribution in [0.25, 0.3) is 60.9 Å². The molecule has 71 heavy (non-hydrogen) atoms. The van der Waals surface area contributed by atoms with E-state index >= 15 is 0 Å². The zero-order valence-electron chi connectivity index (χ0n) is 37.8. The minimum atomic E-state index is -4.51. The fraction of sp³-hybridized carbons (Fsp3) is 0.0323. The van der Waals surface area contributed by atoms with Crippen molar-refractivity contribution in [1.29, 1.82) is 0 Å². The molecule has 0 unspecified atom stereocenters. The Morgan fingerprint density at radius 2 is 0.563 bits per heavy atom. The first-order valence-electron chi connectivity index (χ1n) is 23.0. The van der Waals surface area contributed by atoms with Crippen molar-refractivity contribution in [3.05, 3.63) is 260 Å². The van der Waals surface area contributed by atoms with E-state index in [4.69, 9.17) is 0 Å². The first-order chi connectivity index (χ1) is 34.5. The van der Waals surface area contributed by atoms with Crippen molar-refractivity contribution in [2.75, 3.05) is 9.80 Å². The van der Waals surface area contributed by atoms with Crippen LogP contribution in [-0.4, -0.2) is 4.57 Å². The molecule has 0 spiro atoms. The molecule has 0 amide bonds. The van der Waals surface area contributed by atoms with Crippen LogP contribution >= 0.6 is 0 Å². The fourth-order valence-electron chi connectivity index (χ4n) is 9.39. The summed E-state index contributed by atoms with van der Waals surface area (Å²) in [7, 11) is 0. The van der Waals surface area contributed by atoms with Gasteiger partial charge in [-0.15, -0.1) is 0 Å². The second-order valence-electron chi connectivity index (χ2n) is 17.2. The largest absolute Gasteiger partial charge is 0.416 e. The number of benzene rings is 10. The molecular weight excluding hydrogens is 901 g/mol. The van der Waals surface area contributed by atoms with Gasteiger partial charge in [0.25, 0.3) is 0 Å². The van der Waals surface area contributed by atoms with Gasteiger partial charge in [-0.2, -0.15) is 26.3 Å². The Bertz CT molecular complexity index is 3330. The highest BCUT2D eigenvalue weighted by atomic mass is 19.4. The Hall–Kier alpha value is -8.82. The van der Waals surface area contributed by atoms with Crippen molar-refractivity contribution >= 4 is 55.9 Å². The van der Waals surface area contributed by atoms with E-state index in [1.54, 1.807) is 6.07 Å². The van der Waals surface area contributed by atoms with Gasteiger partial charge in [0.2, 0.25) is 0 Å². The standard InChI is InChI=1S/C62H41F6N3/c63-61(64,65)48-27-21-42(22-28-48)45-37-46(43-23-29-49(30-24-43)62(66,67)68)39-47(38-45)44-25-31-54(32-26-44)71-59-35-33-55(69(50-13-5-1-6-14-50)51-15-7-2-8-16-51)40-57(59)58-41-56(34-36-60(58)71)70(52-17-9-3-10-18-52)53-19-11-4-12-20-53/h1-41H. The maximum Gasteiger partial charge on any atom is 0.416 e. The Morgan fingerprint density at radius 1 is 0.268 bits per heavy atom. The predicted octanol–water partition coefficient (Wildman–Crippen LogP) is 18.8. The highest BCUT2D eigenvalue weighted by Crippen LogP contribution is 2.44. The Labute approximate surface area is 406 Å². The second kappa shape index (κ2) is 18.3. The molecule has 9 heteroatoms. The Balaban J connectivity index is 1.07. The third-order valence-electron chi connectivity index (χ3n) is 12.8. The number of para-hydroxylation sites is 4. The first kappa shape index (κ1) is 44.7. The first-order valence-corrected chi connectivity index (χ1v) is 23.0. The van der Waals surface area contributed by atoms with Gasteiger partial charge >= 0.3 is 12.4 Å². The van der Waals surface area contributed by atoms with Crippen LogP contribution in [-0.2, 0) is 12.4 Å². The molecule has 0 aliphatic rings. The second-order valence-corrected chi connectivity index (χ2v) is 17.2. The molecule has 0 radical (unpaired) electrons. The minimum absolute atomic E-state index is 0.532. The van der Waals surface area contributed by atoms with Crippen molar-refractivity contribution < 1.29 is 26.3 Å². The number of aromatic nitrogens is 1. The van der Waals surface area contributed by atoms with Crippen LogP contribution < -0.4 is 9.80 Å². The Morgan fingerprint density at radius 3 is 0.859 bits per heavy atom. The van der Waals surface area contributed by atoms with E-state index in [0.717, 1.165) is 97.0 Å². The molecule has 11 rings (SSSR count). The summed E-state index contributed by atoms with van der Waals surface area (Å²) in [5, 5.41) is 2.07. The highest BCUT2D eigenvalue weighted by molar-refractivity contribution is 6.12. The number of halogens is 6. The molecule has 0 aliphatic heterocycles. The molecule has 1 aromatic heterocycles. The maximum atomic E-state index is 13.6. The van der Waals surface area contributed by atoms with Gasteiger partial charge in [0.1, 0.15) is 0 Å². The van der Waals surface area contributed by atoms with Crippen molar-refractivity contribution in [2.24, 2.45) is 0 Å². The number of alkyl halides is 6. The Kier molecular flexibility index (Phi) is 11.5. The summed E-state index contributed by atoms with van der Waals surface area (Å²) < 4.78 is 83.8. The van der Waals surface area contributed by atoms with Gasteiger partial charge in [-0.3, -0.25) is 0 Å². The third kappa shape index (κ3) is 8.90. The van der Waals surface area contributed by atoms with Gasteiger partial charge in [-0.05, 0) is 173 Å². The van der Waals surface area contributed by atoms with E-state index in [1.807, 2.05) is 109 Å². The van der Waals surface area contributed by atoms with Crippen molar-refractivity contribution in [1.82, 2.24) is 4.57 Å². The van der Waals surface area contributed by atoms with Crippen LogP contribution in [0.4, 0.5) is 60.5 Å². The summed E-state index contributed by atoms with van der Waals surface area (Å²) in [6, 6.07) is 77.7. The molecule has 0 saturated carbocycles. The van der Waals surface area contributed by atoms with E-state index in [-0.39, 0.29) is 0 Å². The molecule has 0 fully saturated rings. The number of nitrogens with zero attached hydrogens (tertiary/aromatic N) is 3. The van der Waals surface area contributed by atoms with Gasteiger partial charge in [0.05, 0.1) is 22.2 Å². The zero-order valence-corrected chi connectivity index (χ0v) is 37.8. The van der Waals surface area contributed by atoms with E-state index in [9.17, 15) is 26.3 Å². The molecule has 10 aromatic carbocycles. The normalized spacial score (nSPS) is 11.8. The number of hydrogen-bond donors (Lipinski definition) is 0. The topological polar surface area (TPSA) is 11.4 Å². The van der Waals surface area contributed by atoms with Crippen molar-refractivity contribution in [3.8, 4) is 39.1 Å². The number of rotatable bonds is 10. The van der Waals surface area contributed by atoms with E-state index < -0.39 is 23.5 Å². The minimum Gasteiger partial charge on any atom is -0.310 e. The summed E-state index contributed by atoms with van der Waals surface area (Å²) in [6.45, 7) is 0. The van der Waals surface area contributed by atoms with Gasteiger partial charge in [0, 0.05) is 50.6 Å². The van der Waals surface area contributed by atoms with E-state index in [1.165, 1.54) is 24.3 Å². The quantitative estimate of drug-likeness (QED) is 0.127. The summed E-state index contributed by atoms with van der Waals surface area (Å²) >= 11 is 0. The van der Waals surface area contributed by atoms with Gasteiger partial charge in [0.15, 0.2) is 0 Å². The van der Waals surface area contributed by atoms with Crippen LogP contribution in [0.15, 0.2) is 249 Å². The molecule has 11 aromatic rings. The van der Waals surface area contributed by atoms with Crippen LogP contribution in [0.1, 0.15) is 11.1 Å². The lowest BCUT2D eigenvalue weighted by Gasteiger charge is -2.26. The van der Waals surface area contributed by atoms with Crippen LogP contribution in [0.5, 0.6) is 0 Å². The van der Waals surface area contributed by atoms with Crippen LogP contribution in [0.3, 0.4) is 0 Å². The van der Waals surface area contributed by atoms with Gasteiger partial charge < -0.3 is 14.4 Å². The molecule has 3 nitrogen and oxygen atoms in total. The van der Waals surface area contributed by atoms with Crippen molar-refractivity contribution in [3.63, 3.8) is 0 Å². The molecule has 0 aliphatic carbocycles. The molecule has 0 N–H and O–H groups in total. The lowest BCUT2D eigenvalue weighted by Crippen LogP contribution is -2.09. The van der Waals surface area contributed by atoms with E-state index in [0.29, 0.717) is 22.3 Å². The third-order valence-corrected chi connectivity index (χ3v) is 12.8. The van der Waals surface area contributed by atoms with Crippen molar-refractivity contribution in [2.45, 2.75) is 12.4 Å². The lowest BCUT2D eigenvalue weighted by atomic mass is 9.92. The average molecular weight is 942 g/mol. The van der Waals surface area contributed by atoms with Gasteiger partial charge in [-0.1, -0.05) is 109 Å². The lowest BCUT2D eigenvalue weighted by molar-refractivity contribution is -0.138. The summed E-state index contributed by atoms with van der Waals surface area (Å²) in [5.74, 6) is 0. The molecule has 1 heterocycles. The average Bonchev–Trinajstić information content (AvgIpc) is 3.72. The summed E-state index contributed by atoms with van der Waals surface area (Å²) in [4.78, 5) is 4.50. The summed E-state index contributed by atoms with van der Waals surface area (Å²) in [6.07, 6.45) is -9.02. The fourth-order valence-corrected chi connectivity index (χ4v) is 9.39. The smallest absolute Gasteiger partial charge is 0.310 e. The van der Waals surface area contributed by atoms with Crippen LogP contribution in [0, 0.1) is 0 Å². The summed E-state index contributed by atoms with van der Waals surface area (Å²) in [5.41, 5.74) is 11.2. The molecule has 0 atom stereocenters. The SMILES string of the molecule is FC(F)(F)c1ccc(-c2cc(-c3ccc(-n4c5ccc(N(c6ccccc6)c6ccccc6)cc5c5cc(N(c6ccccc6)c6ccccc6)ccc54)cc3)cc(-c3ccc(C(F)(F)F)cc3)c2)cc1. The number of anilines is 6. The highest BCUT2D eigenvalue weighted by Gasteiger charge is 2.31. The zero-order chi connectivity index (χ0) is 48.7. The molecular formula is C62H41F6N3. The number of fused-ring (bicyclic) bond motifs is 3. The molecule has 346 valence electrons. The van der Waals surface area contributed by atoms with Crippen LogP contribution in [0.2, 0.25) is 0 Å². The van der Waals surface area contributed by atoms with Gasteiger partial charge in [-0.25, -0.2) is 0 Å². The molecule has 0 bridgehead atoms. The van der Waals surface area contributed by atoms with E-state index in [2.05, 4.69) is 99.3 Å². The maximum absolute atomic E-state index is 13.6. The number of hydrogen-bond acceptors (Lipinski definition) is 2.